The lowest BCUT2D eigenvalue weighted by Crippen LogP contribution is -2.05. The van der Waals surface area contributed by atoms with Gasteiger partial charge >= 0.3 is 0 Å². The highest BCUT2D eigenvalue weighted by Crippen LogP contribution is 2.59. The Labute approximate surface area is 85.3 Å². The van der Waals surface area contributed by atoms with Crippen molar-refractivity contribution in [1.29, 1.82) is 0 Å². The van der Waals surface area contributed by atoms with Crippen LogP contribution < -0.4 is 5.73 Å². The summed E-state index contributed by atoms with van der Waals surface area (Å²) in [7, 11) is 0. The Hall–Kier alpha value is -0.830. The van der Waals surface area contributed by atoms with E-state index >= 15 is 0 Å². The molecule has 1 fully saturated rings. The van der Waals surface area contributed by atoms with Crippen molar-refractivity contribution in [1.82, 2.24) is 9.78 Å². The molecule has 1 aliphatic rings. The van der Waals surface area contributed by atoms with Crippen LogP contribution in [0.15, 0.2) is 18.5 Å². The first-order valence-electron chi connectivity index (χ1n) is 5.33. The van der Waals surface area contributed by atoms with Gasteiger partial charge in [0.05, 0.1) is 0 Å². The molecule has 0 saturated heterocycles. The standard InChI is InChI=1S/C11H19N3/c1-11(2)9(10(11)8-12)4-7-14-6-3-5-13-14/h3,5-6,9-10H,4,7-8,12H2,1-2H3/t9-,10-/m0/s1. The largest absolute Gasteiger partial charge is 0.330 e. The summed E-state index contributed by atoms with van der Waals surface area (Å²) in [6.07, 6.45) is 5.06. The molecule has 0 spiro atoms. The van der Waals surface area contributed by atoms with Crippen molar-refractivity contribution in [3.8, 4) is 0 Å². The molecule has 3 nitrogen and oxygen atoms in total. The lowest BCUT2D eigenvalue weighted by Gasteiger charge is -2.02. The van der Waals surface area contributed by atoms with Gasteiger partial charge in [0.15, 0.2) is 0 Å². The van der Waals surface area contributed by atoms with Crippen LogP contribution in [0.5, 0.6) is 0 Å². The highest BCUT2D eigenvalue weighted by molar-refractivity contribution is 5.04. The molecular weight excluding hydrogens is 174 g/mol. The zero-order chi connectivity index (χ0) is 10.2. The minimum atomic E-state index is 0.460. The van der Waals surface area contributed by atoms with E-state index in [2.05, 4.69) is 18.9 Å². The summed E-state index contributed by atoms with van der Waals surface area (Å²) in [5, 5.41) is 4.20. The molecule has 2 N–H and O–H groups in total. The molecule has 2 atom stereocenters. The van der Waals surface area contributed by atoms with E-state index in [0.29, 0.717) is 5.41 Å². The number of nitrogens with two attached hydrogens (primary N) is 1. The Morgan fingerprint density at radius 2 is 2.21 bits per heavy atom. The molecule has 1 saturated carbocycles. The van der Waals surface area contributed by atoms with Crippen molar-refractivity contribution in [3.63, 3.8) is 0 Å². The number of hydrogen-bond acceptors (Lipinski definition) is 2. The van der Waals surface area contributed by atoms with E-state index in [9.17, 15) is 0 Å². The van der Waals surface area contributed by atoms with Crippen LogP contribution in [0.1, 0.15) is 20.3 Å². The summed E-state index contributed by atoms with van der Waals surface area (Å²) >= 11 is 0. The second-order valence-electron chi connectivity index (χ2n) is 4.83. The highest BCUT2D eigenvalue weighted by Gasteiger charge is 2.55. The van der Waals surface area contributed by atoms with E-state index in [0.717, 1.165) is 24.9 Å². The molecule has 3 heteroatoms. The van der Waals surface area contributed by atoms with Crippen molar-refractivity contribution in [2.45, 2.75) is 26.8 Å². The van der Waals surface area contributed by atoms with E-state index in [1.54, 1.807) is 0 Å². The van der Waals surface area contributed by atoms with Gasteiger partial charge in [-0.2, -0.15) is 5.10 Å². The summed E-state index contributed by atoms with van der Waals surface area (Å²) in [5.41, 5.74) is 6.19. The number of aryl methyl sites for hydroxylation is 1. The van der Waals surface area contributed by atoms with E-state index in [1.807, 2.05) is 23.1 Å². The Kier molecular flexibility index (Phi) is 2.35. The molecule has 0 radical (unpaired) electrons. The molecule has 78 valence electrons. The minimum Gasteiger partial charge on any atom is -0.330 e. The van der Waals surface area contributed by atoms with Crippen molar-refractivity contribution < 1.29 is 0 Å². The van der Waals surface area contributed by atoms with Gasteiger partial charge in [-0.1, -0.05) is 13.8 Å². The topological polar surface area (TPSA) is 43.8 Å². The minimum absolute atomic E-state index is 0.460. The van der Waals surface area contributed by atoms with Gasteiger partial charge in [0.25, 0.3) is 0 Å². The molecule has 14 heavy (non-hydrogen) atoms. The molecule has 0 aromatic carbocycles. The first kappa shape index (κ1) is 9.71. The van der Waals surface area contributed by atoms with Crippen molar-refractivity contribution in [2.75, 3.05) is 6.54 Å². The third-order valence-corrected chi connectivity index (χ3v) is 3.77. The summed E-state index contributed by atoms with van der Waals surface area (Å²) in [5.74, 6) is 1.51. The smallest absolute Gasteiger partial charge is 0.0489 e. The lowest BCUT2D eigenvalue weighted by molar-refractivity contribution is 0.476. The number of rotatable bonds is 4. The van der Waals surface area contributed by atoms with Gasteiger partial charge in [-0.15, -0.1) is 0 Å². The van der Waals surface area contributed by atoms with Gasteiger partial charge in [-0.05, 0) is 36.3 Å². The zero-order valence-corrected chi connectivity index (χ0v) is 8.98. The Bertz CT molecular complexity index is 289. The monoisotopic (exact) mass is 193 g/mol. The van der Waals surface area contributed by atoms with Crippen LogP contribution in [-0.2, 0) is 6.54 Å². The molecule has 1 heterocycles. The fourth-order valence-corrected chi connectivity index (χ4v) is 2.60. The fourth-order valence-electron chi connectivity index (χ4n) is 2.60. The summed E-state index contributed by atoms with van der Waals surface area (Å²) in [6.45, 7) is 6.49. The van der Waals surface area contributed by atoms with Crippen LogP contribution in [0.4, 0.5) is 0 Å². The molecule has 0 unspecified atom stereocenters. The van der Waals surface area contributed by atoms with Crippen LogP contribution in [0, 0.1) is 17.3 Å². The van der Waals surface area contributed by atoms with Crippen molar-refractivity contribution in [2.24, 2.45) is 23.0 Å². The number of aromatic nitrogens is 2. The van der Waals surface area contributed by atoms with E-state index in [4.69, 9.17) is 5.73 Å². The zero-order valence-electron chi connectivity index (χ0n) is 8.98. The number of hydrogen-bond donors (Lipinski definition) is 1. The highest BCUT2D eigenvalue weighted by atomic mass is 15.3. The third kappa shape index (κ3) is 1.57. The Morgan fingerprint density at radius 3 is 2.71 bits per heavy atom. The number of nitrogens with zero attached hydrogens (tertiary/aromatic N) is 2. The first-order chi connectivity index (χ1) is 6.66. The Balaban J connectivity index is 1.83. The fraction of sp³-hybridized carbons (Fsp3) is 0.727. The average molecular weight is 193 g/mol. The van der Waals surface area contributed by atoms with E-state index < -0.39 is 0 Å². The van der Waals surface area contributed by atoms with Crippen LogP contribution >= 0.6 is 0 Å². The van der Waals surface area contributed by atoms with E-state index in [1.165, 1.54) is 6.42 Å². The molecule has 0 amide bonds. The molecule has 1 aromatic heterocycles. The van der Waals surface area contributed by atoms with Crippen molar-refractivity contribution >= 4 is 0 Å². The van der Waals surface area contributed by atoms with Crippen molar-refractivity contribution in [3.05, 3.63) is 18.5 Å². The van der Waals surface area contributed by atoms with Gasteiger partial charge in [0.2, 0.25) is 0 Å². The second-order valence-corrected chi connectivity index (χ2v) is 4.83. The van der Waals surface area contributed by atoms with Gasteiger partial charge in [-0.25, -0.2) is 0 Å². The average Bonchev–Trinajstić information content (AvgIpc) is 2.57. The van der Waals surface area contributed by atoms with Crippen LogP contribution in [0.25, 0.3) is 0 Å². The van der Waals surface area contributed by atoms with Crippen LogP contribution in [0.2, 0.25) is 0 Å². The second kappa shape index (κ2) is 3.39. The SMILES string of the molecule is CC1(C)[C@@H](CN)[C@@H]1CCn1cccn1. The first-order valence-corrected chi connectivity index (χ1v) is 5.33. The molecule has 1 aromatic rings. The van der Waals surface area contributed by atoms with Crippen LogP contribution in [-0.4, -0.2) is 16.3 Å². The third-order valence-electron chi connectivity index (χ3n) is 3.77. The molecule has 1 aliphatic carbocycles. The Morgan fingerprint density at radius 1 is 1.43 bits per heavy atom. The predicted molar refractivity (Wildman–Crippen MR) is 56.7 cm³/mol. The maximum absolute atomic E-state index is 5.73. The lowest BCUT2D eigenvalue weighted by atomic mass is 10.1. The molecule has 0 aliphatic heterocycles. The summed E-state index contributed by atoms with van der Waals surface area (Å²) < 4.78 is 2.00. The molecular formula is C11H19N3. The van der Waals surface area contributed by atoms with Gasteiger partial charge in [-0.3, -0.25) is 4.68 Å². The predicted octanol–water partition coefficient (Wildman–Crippen LogP) is 1.50. The van der Waals surface area contributed by atoms with E-state index in [-0.39, 0.29) is 0 Å². The van der Waals surface area contributed by atoms with Gasteiger partial charge in [0, 0.05) is 18.9 Å². The summed E-state index contributed by atoms with van der Waals surface area (Å²) in [4.78, 5) is 0. The van der Waals surface area contributed by atoms with Gasteiger partial charge < -0.3 is 5.73 Å². The maximum Gasteiger partial charge on any atom is 0.0489 e. The summed E-state index contributed by atoms with van der Waals surface area (Å²) in [6, 6.07) is 1.97. The molecule has 0 bridgehead atoms. The van der Waals surface area contributed by atoms with Gasteiger partial charge in [0.1, 0.15) is 0 Å². The van der Waals surface area contributed by atoms with Crippen LogP contribution in [0.3, 0.4) is 0 Å². The maximum atomic E-state index is 5.73. The normalized spacial score (nSPS) is 29.1. The quantitative estimate of drug-likeness (QED) is 0.787. The molecule has 2 rings (SSSR count).